The van der Waals surface area contributed by atoms with Gasteiger partial charge in [-0.1, -0.05) is 182 Å². The molecule has 0 aromatic rings. The zero-order valence-corrected chi connectivity index (χ0v) is 45.1. The summed E-state index contributed by atoms with van der Waals surface area (Å²) in [5.74, 6) is -3.28. The van der Waals surface area contributed by atoms with Gasteiger partial charge in [0.15, 0.2) is 24.6 Å². The third-order valence-corrected chi connectivity index (χ3v) is 11.8. The number of aliphatic hydroxyl groups is 2. The molecule has 12 heteroatoms. The number of carbonyl (C=O) groups is 4. The number of unbranched alkanes of at least 4 members (excludes halogenated alkanes) is 13. The van der Waals surface area contributed by atoms with E-state index in [0.29, 0.717) is 25.7 Å². The van der Waals surface area contributed by atoms with E-state index in [1.54, 1.807) is 0 Å². The number of ether oxygens (including phenoxy) is 5. The summed E-state index contributed by atoms with van der Waals surface area (Å²) < 4.78 is 28.2. The molecule has 73 heavy (non-hydrogen) atoms. The summed E-state index contributed by atoms with van der Waals surface area (Å²) in [6.07, 6.45) is 52.2. The Morgan fingerprint density at radius 1 is 0.466 bits per heavy atom. The second-order valence-corrected chi connectivity index (χ2v) is 18.4. The molecular weight excluding hydrogens is 925 g/mol. The molecule has 0 saturated carbocycles. The topological polar surface area (TPSA) is 175 Å². The Bertz CT molecular complexity index is 1690. The highest BCUT2D eigenvalue weighted by Crippen LogP contribution is 2.26. The van der Waals surface area contributed by atoms with E-state index in [0.717, 1.165) is 116 Å². The molecule has 1 heterocycles. The van der Waals surface area contributed by atoms with Crippen LogP contribution in [0.2, 0.25) is 0 Å². The summed E-state index contributed by atoms with van der Waals surface area (Å²) in [7, 11) is 0. The molecule has 6 atom stereocenters. The number of hydrogen-bond acceptors (Lipinski definition) is 11. The van der Waals surface area contributed by atoms with E-state index >= 15 is 0 Å². The minimum absolute atomic E-state index is 0.0693. The molecule has 1 fully saturated rings. The number of aliphatic hydroxyl groups excluding tert-OH is 2. The fourth-order valence-corrected chi connectivity index (χ4v) is 7.60. The molecule has 1 aliphatic rings. The van der Waals surface area contributed by atoms with Crippen LogP contribution in [0, 0.1) is 0 Å². The highest BCUT2D eigenvalue weighted by Gasteiger charge is 2.50. The number of carboxylic acid groups (broad SMARTS) is 1. The Balaban J connectivity index is 2.78. The number of aliphatic carboxylic acids is 1. The molecular formula is C61H96O12. The quantitative estimate of drug-likeness (QED) is 0.0228. The van der Waals surface area contributed by atoms with Crippen molar-refractivity contribution in [1.82, 2.24) is 0 Å². The molecule has 0 radical (unpaired) electrons. The van der Waals surface area contributed by atoms with Crippen LogP contribution in [-0.2, 0) is 42.9 Å². The van der Waals surface area contributed by atoms with Crippen molar-refractivity contribution in [2.24, 2.45) is 0 Å². The van der Waals surface area contributed by atoms with Gasteiger partial charge in [-0.05, 0) is 109 Å². The second-order valence-electron chi connectivity index (χ2n) is 18.4. The van der Waals surface area contributed by atoms with Gasteiger partial charge in [0, 0.05) is 19.3 Å². The molecule has 3 N–H and O–H groups in total. The van der Waals surface area contributed by atoms with E-state index in [2.05, 4.69) is 112 Å². The van der Waals surface area contributed by atoms with Crippen LogP contribution in [0.4, 0.5) is 0 Å². The summed E-state index contributed by atoms with van der Waals surface area (Å²) in [4.78, 5) is 51.0. The van der Waals surface area contributed by atoms with Gasteiger partial charge in [-0.3, -0.25) is 14.4 Å². The van der Waals surface area contributed by atoms with Gasteiger partial charge in [0.2, 0.25) is 0 Å². The standard InChI is InChI=1S/C61H96O12/c1-4-7-10-13-16-19-22-25-27-30-32-35-38-41-44-47-53(62)69-50-52(71-54(63)48-45-42-39-36-34-31-28-26-23-20-17-14-11-8-5-2)51-70-61-59(57(66)56(65)58(73-61)60(67)68)72-55(64)49-46-43-40-37-33-29-24-21-18-15-12-9-6-3/h7,9-10,12,16-21,25-29,33,40,43,52,56-59,61,65-66H,4-6,8,11,13-15,22-24,30-32,34-39,41-42,44-51H2,1-3H3,(H,67,68)/b10-7-,12-9-,19-16-,20-17-,21-18-,27-25-,28-26-,33-29-,43-40-. The Hall–Kier alpha value is -4.62. The lowest BCUT2D eigenvalue weighted by Crippen LogP contribution is -2.61. The van der Waals surface area contributed by atoms with E-state index < -0.39 is 67.3 Å². The molecule has 12 nitrogen and oxygen atoms in total. The summed E-state index contributed by atoms with van der Waals surface area (Å²) in [6.45, 7) is 5.65. The molecule has 6 unspecified atom stereocenters. The molecule has 0 aromatic carbocycles. The molecule has 1 saturated heterocycles. The van der Waals surface area contributed by atoms with Crippen molar-refractivity contribution in [3.8, 4) is 0 Å². The molecule has 0 bridgehead atoms. The van der Waals surface area contributed by atoms with Crippen LogP contribution in [0.25, 0.3) is 0 Å². The van der Waals surface area contributed by atoms with Crippen molar-refractivity contribution in [2.45, 2.75) is 237 Å². The second kappa shape index (κ2) is 48.3. The number of carboxylic acids is 1. The summed E-state index contributed by atoms with van der Waals surface area (Å²) in [5, 5.41) is 31.4. The predicted molar refractivity (Wildman–Crippen MR) is 294 cm³/mol. The lowest BCUT2D eigenvalue weighted by Gasteiger charge is -2.40. The first-order chi connectivity index (χ1) is 35.6. The zero-order valence-electron chi connectivity index (χ0n) is 45.1. The zero-order chi connectivity index (χ0) is 53.3. The number of allylic oxidation sites excluding steroid dienone is 18. The lowest BCUT2D eigenvalue weighted by atomic mass is 9.98. The Labute approximate surface area is 440 Å². The first-order valence-electron chi connectivity index (χ1n) is 27.9. The van der Waals surface area contributed by atoms with E-state index in [1.165, 1.54) is 19.3 Å². The molecule has 1 rings (SSSR count). The van der Waals surface area contributed by atoms with Crippen molar-refractivity contribution < 1.29 is 58.2 Å². The molecule has 1 aliphatic heterocycles. The maximum Gasteiger partial charge on any atom is 0.335 e. The van der Waals surface area contributed by atoms with Crippen molar-refractivity contribution in [2.75, 3.05) is 13.2 Å². The van der Waals surface area contributed by atoms with E-state index in [9.17, 15) is 34.5 Å². The number of rotatable bonds is 45. The molecule has 0 aromatic heterocycles. The van der Waals surface area contributed by atoms with E-state index in [-0.39, 0.29) is 25.9 Å². The van der Waals surface area contributed by atoms with Crippen LogP contribution in [0.3, 0.4) is 0 Å². The summed E-state index contributed by atoms with van der Waals surface area (Å²) >= 11 is 0. The summed E-state index contributed by atoms with van der Waals surface area (Å²) in [6, 6.07) is 0. The Morgan fingerprint density at radius 3 is 1.37 bits per heavy atom. The van der Waals surface area contributed by atoms with Gasteiger partial charge in [-0.25, -0.2) is 4.79 Å². The van der Waals surface area contributed by atoms with Gasteiger partial charge in [0.05, 0.1) is 6.61 Å². The van der Waals surface area contributed by atoms with Gasteiger partial charge in [0.1, 0.15) is 18.8 Å². The average Bonchev–Trinajstić information content (AvgIpc) is 3.37. The van der Waals surface area contributed by atoms with Gasteiger partial charge in [0.25, 0.3) is 0 Å². The maximum atomic E-state index is 13.1. The van der Waals surface area contributed by atoms with Crippen LogP contribution in [0.5, 0.6) is 0 Å². The van der Waals surface area contributed by atoms with E-state index in [1.807, 2.05) is 18.2 Å². The fraction of sp³-hybridized carbons (Fsp3) is 0.639. The van der Waals surface area contributed by atoms with Crippen LogP contribution in [0.1, 0.15) is 201 Å². The number of esters is 3. The predicted octanol–water partition coefficient (Wildman–Crippen LogP) is 13.9. The van der Waals surface area contributed by atoms with Gasteiger partial charge in [-0.2, -0.15) is 0 Å². The smallest absolute Gasteiger partial charge is 0.335 e. The fourth-order valence-electron chi connectivity index (χ4n) is 7.60. The van der Waals surface area contributed by atoms with Gasteiger partial charge >= 0.3 is 23.9 Å². The highest BCUT2D eigenvalue weighted by molar-refractivity contribution is 5.74. The average molecular weight is 1020 g/mol. The monoisotopic (exact) mass is 1020 g/mol. The maximum absolute atomic E-state index is 13.1. The molecule has 0 amide bonds. The first kappa shape index (κ1) is 66.4. The minimum atomic E-state index is -1.93. The Kier molecular flexibility index (Phi) is 44.0. The van der Waals surface area contributed by atoms with E-state index in [4.69, 9.17) is 23.7 Å². The number of carbonyl (C=O) groups excluding carboxylic acids is 3. The Morgan fingerprint density at radius 2 is 0.890 bits per heavy atom. The van der Waals surface area contributed by atoms with Gasteiger partial charge in [-0.15, -0.1) is 0 Å². The molecule has 412 valence electrons. The van der Waals surface area contributed by atoms with Crippen LogP contribution < -0.4 is 0 Å². The normalized spacial score (nSPS) is 19.2. The third-order valence-electron chi connectivity index (χ3n) is 11.8. The number of hydrogen-bond donors (Lipinski definition) is 3. The van der Waals surface area contributed by atoms with Gasteiger partial charge < -0.3 is 39.0 Å². The molecule has 0 aliphatic carbocycles. The minimum Gasteiger partial charge on any atom is -0.479 e. The first-order valence-corrected chi connectivity index (χ1v) is 27.9. The van der Waals surface area contributed by atoms with Crippen molar-refractivity contribution in [3.05, 3.63) is 109 Å². The SMILES string of the molecule is CC/C=C\C/C=C\C/C=C\C/C=C\CCC(=O)OC1C(OCC(COC(=O)CCCCCCC/C=C\C/C=C\C/C=C\CC)OC(=O)CCCCCCC/C=C\C/C=C\CCCCC)OC(C(=O)O)C(O)C1O. The van der Waals surface area contributed by atoms with Crippen molar-refractivity contribution in [3.63, 3.8) is 0 Å². The molecule has 0 spiro atoms. The van der Waals surface area contributed by atoms with Crippen LogP contribution in [0.15, 0.2) is 109 Å². The van der Waals surface area contributed by atoms with Crippen LogP contribution in [-0.4, -0.2) is 89.2 Å². The highest BCUT2D eigenvalue weighted by atomic mass is 16.7. The van der Waals surface area contributed by atoms with Crippen LogP contribution >= 0.6 is 0 Å². The summed E-state index contributed by atoms with van der Waals surface area (Å²) in [5.41, 5.74) is 0. The van der Waals surface area contributed by atoms with Crippen molar-refractivity contribution >= 4 is 23.9 Å². The largest absolute Gasteiger partial charge is 0.479 e. The lowest BCUT2D eigenvalue weighted by molar-refractivity contribution is -0.301. The van der Waals surface area contributed by atoms with Crippen molar-refractivity contribution in [1.29, 1.82) is 0 Å². The third kappa shape index (κ3) is 38.6.